The number of nitrogens with one attached hydrogen (secondary N) is 1. The summed E-state index contributed by atoms with van der Waals surface area (Å²) in [7, 11) is 0. The molecule has 0 bridgehead atoms. The molecule has 3 N–H and O–H groups in total. The van der Waals surface area contributed by atoms with E-state index >= 15 is 0 Å². The Bertz CT molecular complexity index is 564. The lowest BCUT2D eigenvalue weighted by atomic mass is 9.94. The Hall–Kier alpha value is -1.71. The van der Waals surface area contributed by atoms with Crippen LogP contribution >= 0.6 is 0 Å². The van der Waals surface area contributed by atoms with Crippen molar-refractivity contribution in [3.8, 4) is 0 Å². The molecule has 0 saturated heterocycles. The summed E-state index contributed by atoms with van der Waals surface area (Å²) in [6.07, 6.45) is 2.20. The van der Waals surface area contributed by atoms with Crippen LogP contribution in [0, 0.1) is 12.7 Å². The van der Waals surface area contributed by atoms with Gasteiger partial charge in [-0.15, -0.1) is 0 Å². The molecule has 0 aromatic heterocycles. The van der Waals surface area contributed by atoms with Gasteiger partial charge in [-0.2, -0.15) is 0 Å². The van der Waals surface area contributed by atoms with Gasteiger partial charge in [0, 0.05) is 0 Å². The van der Waals surface area contributed by atoms with Crippen LogP contribution in [0.4, 0.5) is 4.39 Å². The van der Waals surface area contributed by atoms with Gasteiger partial charge in [0.05, 0.1) is 6.04 Å². The van der Waals surface area contributed by atoms with E-state index in [0.717, 1.165) is 29.5 Å². The lowest BCUT2D eigenvalue weighted by molar-refractivity contribution is 0.602. The number of hydrazine groups is 1. The summed E-state index contributed by atoms with van der Waals surface area (Å²) in [5.41, 5.74) is 7.03. The number of rotatable bonds is 5. The second-order valence-corrected chi connectivity index (χ2v) is 5.09. The van der Waals surface area contributed by atoms with E-state index in [0.29, 0.717) is 0 Å². The van der Waals surface area contributed by atoms with Crippen molar-refractivity contribution in [2.24, 2.45) is 5.84 Å². The van der Waals surface area contributed by atoms with Gasteiger partial charge in [0.15, 0.2) is 0 Å². The van der Waals surface area contributed by atoms with Gasteiger partial charge >= 0.3 is 0 Å². The Kier molecular flexibility index (Phi) is 4.88. The third-order valence-electron chi connectivity index (χ3n) is 3.57. The molecule has 2 aromatic carbocycles. The summed E-state index contributed by atoms with van der Waals surface area (Å²) in [4.78, 5) is 0. The molecule has 0 aliphatic carbocycles. The number of nitrogens with two attached hydrogens (primary N) is 1. The molecular weight excluding hydrogens is 251 g/mol. The number of benzene rings is 2. The highest BCUT2D eigenvalue weighted by atomic mass is 19.1. The molecule has 0 radical (unpaired) electrons. The molecular formula is C17H21FN2. The topological polar surface area (TPSA) is 38.0 Å². The molecule has 0 amide bonds. The van der Waals surface area contributed by atoms with Crippen molar-refractivity contribution in [2.45, 2.75) is 32.7 Å². The standard InChI is InChI=1S/C17H21FN2/c1-3-4-13-6-8-14(9-7-13)17(20-19)16-11-15(18)10-5-12(16)2/h5-11,17,20H,3-4,19H2,1-2H3. The van der Waals surface area contributed by atoms with Gasteiger partial charge in [-0.3, -0.25) is 5.84 Å². The molecule has 0 saturated carbocycles. The van der Waals surface area contributed by atoms with Crippen LogP contribution in [0.1, 0.15) is 41.6 Å². The Morgan fingerprint density at radius 3 is 2.45 bits per heavy atom. The van der Waals surface area contributed by atoms with Gasteiger partial charge in [-0.25, -0.2) is 9.82 Å². The van der Waals surface area contributed by atoms with Gasteiger partial charge in [-0.05, 0) is 47.7 Å². The van der Waals surface area contributed by atoms with Crippen LogP contribution < -0.4 is 11.3 Å². The smallest absolute Gasteiger partial charge is 0.123 e. The van der Waals surface area contributed by atoms with Gasteiger partial charge in [0.2, 0.25) is 0 Å². The van der Waals surface area contributed by atoms with Crippen LogP contribution in [0.25, 0.3) is 0 Å². The van der Waals surface area contributed by atoms with Gasteiger partial charge < -0.3 is 0 Å². The first kappa shape index (κ1) is 14.7. The zero-order valence-electron chi connectivity index (χ0n) is 12.0. The van der Waals surface area contributed by atoms with E-state index in [-0.39, 0.29) is 11.9 Å². The molecule has 0 fully saturated rings. The van der Waals surface area contributed by atoms with Crippen molar-refractivity contribution in [2.75, 3.05) is 0 Å². The molecule has 1 unspecified atom stereocenters. The maximum Gasteiger partial charge on any atom is 0.123 e. The van der Waals surface area contributed by atoms with Crippen molar-refractivity contribution in [1.29, 1.82) is 0 Å². The van der Waals surface area contributed by atoms with Crippen LogP contribution in [-0.4, -0.2) is 0 Å². The zero-order valence-corrected chi connectivity index (χ0v) is 12.0. The minimum absolute atomic E-state index is 0.193. The fraction of sp³-hybridized carbons (Fsp3) is 0.294. The van der Waals surface area contributed by atoms with Gasteiger partial charge in [0.25, 0.3) is 0 Å². The summed E-state index contributed by atoms with van der Waals surface area (Å²) in [5, 5.41) is 0. The first-order chi connectivity index (χ1) is 9.65. The number of hydrogen-bond donors (Lipinski definition) is 2. The number of hydrogen-bond acceptors (Lipinski definition) is 2. The Balaban J connectivity index is 2.34. The van der Waals surface area contributed by atoms with E-state index in [2.05, 4.69) is 36.6 Å². The highest BCUT2D eigenvalue weighted by molar-refractivity contribution is 5.38. The third-order valence-corrected chi connectivity index (χ3v) is 3.57. The van der Waals surface area contributed by atoms with Crippen LogP contribution in [0.5, 0.6) is 0 Å². The van der Waals surface area contributed by atoms with Crippen molar-refractivity contribution in [3.63, 3.8) is 0 Å². The maximum absolute atomic E-state index is 13.5. The first-order valence-corrected chi connectivity index (χ1v) is 6.96. The predicted octanol–water partition coefficient (Wildman–Crippen LogP) is 3.64. The van der Waals surface area contributed by atoms with E-state index in [4.69, 9.17) is 5.84 Å². The summed E-state index contributed by atoms with van der Waals surface area (Å²) in [6, 6.07) is 12.9. The van der Waals surface area contributed by atoms with Gasteiger partial charge in [0.1, 0.15) is 5.82 Å². The molecule has 1 atom stereocenters. The van der Waals surface area contributed by atoms with E-state index in [1.165, 1.54) is 11.6 Å². The molecule has 2 aromatic rings. The van der Waals surface area contributed by atoms with E-state index in [1.807, 2.05) is 6.92 Å². The van der Waals surface area contributed by atoms with Crippen LogP contribution in [0.15, 0.2) is 42.5 Å². The molecule has 0 aliphatic heterocycles. The van der Waals surface area contributed by atoms with Crippen molar-refractivity contribution < 1.29 is 4.39 Å². The first-order valence-electron chi connectivity index (χ1n) is 6.96. The minimum Gasteiger partial charge on any atom is -0.271 e. The van der Waals surface area contributed by atoms with Crippen LogP contribution in [0.3, 0.4) is 0 Å². The lowest BCUT2D eigenvalue weighted by Crippen LogP contribution is -2.29. The Labute approximate surface area is 119 Å². The highest BCUT2D eigenvalue weighted by Crippen LogP contribution is 2.25. The monoisotopic (exact) mass is 272 g/mol. The molecule has 0 heterocycles. The van der Waals surface area contributed by atoms with E-state index in [1.54, 1.807) is 12.1 Å². The second-order valence-electron chi connectivity index (χ2n) is 5.09. The summed E-state index contributed by atoms with van der Waals surface area (Å²) >= 11 is 0. The normalized spacial score (nSPS) is 12.4. The highest BCUT2D eigenvalue weighted by Gasteiger charge is 2.15. The second kappa shape index (κ2) is 6.64. The SMILES string of the molecule is CCCc1ccc(C(NN)c2cc(F)ccc2C)cc1. The van der Waals surface area contributed by atoms with E-state index < -0.39 is 0 Å². The van der Waals surface area contributed by atoms with Crippen molar-refractivity contribution in [3.05, 3.63) is 70.5 Å². The molecule has 106 valence electrons. The molecule has 0 aliphatic rings. The lowest BCUT2D eigenvalue weighted by Gasteiger charge is -2.19. The molecule has 2 nitrogen and oxygen atoms in total. The number of aryl methyl sites for hydroxylation is 2. The third kappa shape index (κ3) is 3.24. The van der Waals surface area contributed by atoms with E-state index in [9.17, 15) is 4.39 Å². The fourth-order valence-electron chi connectivity index (χ4n) is 2.45. The largest absolute Gasteiger partial charge is 0.271 e. The predicted molar refractivity (Wildman–Crippen MR) is 80.7 cm³/mol. The average molecular weight is 272 g/mol. The van der Waals surface area contributed by atoms with Crippen molar-refractivity contribution >= 4 is 0 Å². The Morgan fingerprint density at radius 2 is 1.85 bits per heavy atom. The van der Waals surface area contributed by atoms with Crippen LogP contribution in [-0.2, 0) is 6.42 Å². The number of halogens is 1. The molecule has 20 heavy (non-hydrogen) atoms. The average Bonchev–Trinajstić information content (AvgIpc) is 2.45. The summed E-state index contributed by atoms with van der Waals surface area (Å²) in [5.74, 6) is 5.44. The minimum atomic E-state index is -0.242. The summed E-state index contributed by atoms with van der Waals surface area (Å²) in [6.45, 7) is 4.12. The zero-order chi connectivity index (χ0) is 14.5. The summed E-state index contributed by atoms with van der Waals surface area (Å²) < 4.78 is 13.5. The molecule has 0 spiro atoms. The molecule has 2 rings (SSSR count). The fourth-order valence-corrected chi connectivity index (χ4v) is 2.45. The van der Waals surface area contributed by atoms with Crippen LogP contribution in [0.2, 0.25) is 0 Å². The quantitative estimate of drug-likeness (QED) is 0.644. The molecule has 3 heteroatoms. The van der Waals surface area contributed by atoms with Crippen molar-refractivity contribution in [1.82, 2.24) is 5.43 Å². The van der Waals surface area contributed by atoms with Gasteiger partial charge in [-0.1, -0.05) is 43.7 Å². The Morgan fingerprint density at radius 1 is 1.15 bits per heavy atom. The maximum atomic E-state index is 13.5.